The number of fused-ring (bicyclic) bond motifs is 1. The molecular weight excluding hydrogens is 999 g/mol. The first-order valence-electron chi connectivity index (χ1n) is 26.0. The molecule has 21 heteroatoms. The Morgan fingerprint density at radius 2 is 1.59 bits per heavy atom. The highest BCUT2D eigenvalue weighted by Gasteiger charge is 2.52. The SMILES string of the molecule is Cc1ncsc1-c1ccc(CNC(=O)C2CCCN2C(=O)C(NC(=O)CCOCCOCCOCCC(=O)N2CC(C(c3ccccc3)n3cc(NC(=O)c4n[nH]c5c4CC(F)(F)C(C)(C)C5)cn3)C2)C(C)(C)C)cc1. The van der Waals surface area contributed by atoms with Gasteiger partial charge >= 0.3 is 0 Å². The maximum absolute atomic E-state index is 14.9. The van der Waals surface area contributed by atoms with Crippen LogP contribution in [0.3, 0.4) is 0 Å². The molecule has 18 nitrogen and oxygen atoms in total. The summed E-state index contributed by atoms with van der Waals surface area (Å²) in [4.78, 5) is 75.7. The third-order valence-corrected chi connectivity index (χ3v) is 15.5. The van der Waals surface area contributed by atoms with Crippen LogP contribution in [-0.4, -0.2) is 142 Å². The molecule has 1 aliphatic carbocycles. The number of halogens is 2. The Kier molecular flexibility index (Phi) is 17.8. The molecule has 2 fully saturated rings. The standard InChI is InChI=1S/C55H70F2N10O8S/c1-35-48(76-34-59-35)38-16-14-36(15-17-38)29-58-50(70)43-13-10-20-66(43)52(72)49(53(2,3)4)62-44(68)18-21-73-23-25-75-26-24-74-22-19-45(69)65-31-39(32-65)47(37-11-8-7-9-12-37)67-33-40(30-60-67)61-51(71)46-41-27-55(56,57)54(5,6)28-42(41)63-64-46/h7-9,11-12,14-17,30,33-34,39,43,47,49H,10,13,18-29,31-32H2,1-6H3,(H,58,70)(H,61,71)(H,62,68)(H,63,64). The number of carbonyl (C=O) groups is 5. The summed E-state index contributed by atoms with van der Waals surface area (Å²) >= 11 is 1.59. The number of rotatable bonds is 23. The molecule has 408 valence electrons. The highest BCUT2D eigenvalue weighted by atomic mass is 32.1. The monoisotopic (exact) mass is 1070 g/mol. The first-order chi connectivity index (χ1) is 36.3. The number of thiazole rings is 1. The second-order valence-corrected chi connectivity index (χ2v) is 22.5. The van der Waals surface area contributed by atoms with Gasteiger partial charge in [0.25, 0.3) is 11.8 Å². The summed E-state index contributed by atoms with van der Waals surface area (Å²) in [6, 6.07) is 16.1. The fraction of sp³-hybridized carbons (Fsp3) is 0.527. The first kappa shape index (κ1) is 55.8. The van der Waals surface area contributed by atoms with Crippen LogP contribution in [0.4, 0.5) is 14.5 Å². The van der Waals surface area contributed by atoms with Crippen LogP contribution >= 0.6 is 11.3 Å². The van der Waals surface area contributed by atoms with Crippen molar-refractivity contribution in [2.45, 2.75) is 111 Å². The number of carbonyl (C=O) groups excluding carboxylic acids is 5. The predicted molar refractivity (Wildman–Crippen MR) is 282 cm³/mol. The lowest BCUT2D eigenvalue weighted by atomic mass is 9.73. The third-order valence-electron chi connectivity index (χ3n) is 14.5. The van der Waals surface area contributed by atoms with Gasteiger partial charge in [0.05, 0.1) is 80.1 Å². The fourth-order valence-corrected chi connectivity index (χ4v) is 10.8. The van der Waals surface area contributed by atoms with Gasteiger partial charge in [-0.3, -0.25) is 33.8 Å². The molecule has 0 spiro atoms. The number of likely N-dealkylation sites (tertiary alicyclic amines) is 2. The van der Waals surface area contributed by atoms with E-state index in [-0.39, 0.29) is 99.1 Å². The van der Waals surface area contributed by atoms with Crippen LogP contribution in [0, 0.1) is 23.7 Å². The Balaban J connectivity index is 0.691. The third kappa shape index (κ3) is 13.4. The zero-order valence-corrected chi connectivity index (χ0v) is 45.0. The second-order valence-electron chi connectivity index (χ2n) is 21.6. The molecule has 3 aromatic heterocycles. The van der Waals surface area contributed by atoms with E-state index in [9.17, 15) is 32.8 Å². The van der Waals surface area contributed by atoms with Crippen molar-refractivity contribution < 1.29 is 47.0 Å². The molecule has 3 atom stereocenters. The Bertz CT molecular complexity index is 2800. The predicted octanol–water partition coefficient (Wildman–Crippen LogP) is 6.77. The highest BCUT2D eigenvalue weighted by Crippen LogP contribution is 2.46. The summed E-state index contributed by atoms with van der Waals surface area (Å²) in [5.41, 5.74) is 5.03. The van der Waals surface area contributed by atoms with Crippen LogP contribution in [0.2, 0.25) is 0 Å². The van der Waals surface area contributed by atoms with E-state index in [0.29, 0.717) is 57.0 Å². The van der Waals surface area contributed by atoms with Crippen molar-refractivity contribution in [1.82, 2.24) is 45.4 Å². The number of aromatic amines is 1. The number of nitrogens with zero attached hydrogens (tertiary/aromatic N) is 6. The molecule has 5 aromatic rings. The number of hydrogen-bond acceptors (Lipinski definition) is 12. The summed E-state index contributed by atoms with van der Waals surface area (Å²) in [7, 11) is 0. The molecule has 3 unspecified atom stereocenters. The summed E-state index contributed by atoms with van der Waals surface area (Å²) < 4.78 is 48.6. The van der Waals surface area contributed by atoms with Crippen molar-refractivity contribution >= 4 is 46.6 Å². The van der Waals surface area contributed by atoms with Crippen molar-refractivity contribution in [1.29, 1.82) is 0 Å². The summed E-state index contributed by atoms with van der Waals surface area (Å²) in [5.74, 6) is -4.43. The van der Waals surface area contributed by atoms with Gasteiger partial charge in [0.1, 0.15) is 12.1 Å². The average molecular weight is 1070 g/mol. The van der Waals surface area contributed by atoms with Crippen molar-refractivity contribution in [3.8, 4) is 10.4 Å². The number of nitrogens with one attached hydrogen (secondary N) is 4. The van der Waals surface area contributed by atoms with Gasteiger partial charge in [-0.1, -0.05) is 89.2 Å². The van der Waals surface area contributed by atoms with Crippen LogP contribution in [0.1, 0.15) is 105 Å². The van der Waals surface area contributed by atoms with E-state index in [1.165, 1.54) is 20.0 Å². The first-order valence-corrected chi connectivity index (χ1v) is 26.9. The van der Waals surface area contributed by atoms with E-state index in [0.717, 1.165) is 27.3 Å². The van der Waals surface area contributed by atoms with Crippen LogP contribution in [0.25, 0.3) is 10.4 Å². The van der Waals surface area contributed by atoms with Gasteiger partial charge < -0.3 is 40.0 Å². The fourth-order valence-electron chi connectivity index (χ4n) is 9.95. The zero-order valence-electron chi connectivity index (χ0n) is 44.2. The molecule has 0 saturated carbocycles. The Morgan fingerprint density at radius 1 is 0.908 bits per heavy atom. The van der Waals surface area contributed by atoms with E-state index in [2.05, 4.69) is 36.2 Å². The lowest BCUT2D eigenvalue weighted by molar-refractivity contribution is -0.144. The molecule has 0 bridgehead atoms. The summed E-state index contributed by atoms with van der Waals surface area (Å²) in [6.45, 7) is 13.9. The minimum atomic E-state index is -3.00. The van der Waals surface area contributed by atoms with Gasteiger partial charge in [-0.15, -0.1) is 11.3 Å². The number of alkyl halides is 2. The molecule has 5 amide bonds. The topological polar surface area (TPSA) is 215 Å². The minimum absolute atomic E-state index is 0.0320. The van der Waals surface area contributed by atoms with Crippen LogP contribution in [-0.2, 0) is 52.8 Å². The normalized spacial score (nSPS) is 17.9. The van der Waals surface area contributed by atoms with Gasteiger partial charge in [-0.05, 0) is 41.9 Å². The van der Waals surface area contributed by atoms with Gasteiger partial charge in [0, 0.05) is 74.2 Å². The quantitative estimate of drug-likeness (QED) is 0.0501. The highest BCUT2D eigenvalue weighted by molar-refractivity contribution is 7.13. The largest absolute Gasteiger partial charge is 0.379 e. The lowest BCUT2D eigenvalue weighted by Gasteiger charge is -2.43. The van der Waals surface area contributed by atoms with Crippen molar-refractivity contribution in [2.75, 3.05) is 64.6 Å². The minimum Gasteiger partial charge on any atom is -0.379 e. The second kappa shape index (κ2) is 24.3. The Morgan fingerprint density at radius 3 is 2.26 bits per heavy atom. The molecule has 76 heavy (non-hydrogen) atoms. The van der Waals surface area contributed by atoms with Gasteiger partial charge in [0.15, 0.2) is 5.69 Å². The van der Waals surface area contributed by atoms with Crippen molar-refractivity contribution in [2.24, 2.45) is 16.7 Å². The molecule has 2 aliphatic heterocycles. The maximum Gasteiger partial charge on any atom is 0.276 e. The average Bonchev–Trinajstić information content (AvgIpc) is 4.23. The molecule has 5 heterocycles. The molecule has 8 rings (SSSR count). The van der Waals surface area contributed by atoms with Gasteiger partial charge in [-0.25, -0.2) is 13.8 Å². The van der Waals surface area contributed by atoms with Gasteiger partial charge in [-0.2, -0.15) is 10.2 Å². The molecule has 2 saturated heterocycles. The van der Waals surface area contributed by atoms with Crippen LogP contribution in [0.5, 0.6) is 0 Å². The number of amides is 5. The molecule has 0 radical (unpaired) electrons. The van der Waals surface area contributed by atoms with E-state index < -0.39 is 41.2 Å². The molecule has 4 N–H and O–H groups in total. The lowest BCUT2D eigenvalue weighted by Crippen LogP contribution is -2.57. The van der Waals surface area contributed by atoms with Crippen LogP contribution < -0.4 is 16.0 Å². The Hall–Kier alpha value is -6.42. The number of ether oxygens (including phenoxy) is 3. The molecule has 2 aromatic carbocycles. The summed E-state index contributed by atoms with van der Waals surface area (Å²) in [5, 5.41) is 20.2. The number of H-pyrrole nitrogens is 1. The van der Waals surface area contributed by atoms with Crippen molar-refractivity contribution in [3.05, 3.63) is 106 Å². The van der Waals surface area contributed by atoms with E-state index in [4.69, 9.17) is 14.2 Å². The number of aryl methyl sites for hydroxylation is 1. The van der Waals surface area contributed by atoms with Gasteiger partial charge in [0.2, 0.25) is 23.6 Å². The summed E-state index contributed by atoms with van der Waals surface area (Å²) in [6.07, 6.45) is 4.19. The van der Waals surface area contributed by atoms with E-state index in [1.54, 1.807) is 32.0 Å². The maximum atomic E-state index is 14.9. The van der Waals surface area contributed by atoms with Crippen molar-refractivity contribution in [3.63, 3.8) is 0 Å². The number of anilines is 1. The molecule has 3 aliphatic rings. The van der Waals surface area contributed by atoms with E-state index in [1.807, 2.05) is 87.8 Å². The molecular formula is C55H70F2N10O8S. The smallest absolute Gasteiger partial charge is 0.276 e. The zero-order chi connectivity index (χ0) is 54.2. The Labute approximate surface area is 446 Å². The number of aromatic nitrogens is 5. The van der Waals surface area contributed by atoms with Crippen LogP contribution in [0.15, 0.2) is 72.5 Å². The number of benzene rings is 2. The van der Waals surface area contributed by atoms with E-state index >= 15 is 0 Å². The number of hydrogen-bond donors (Lipinski definition) is 4.